The molecule has 1 N–H and O–H groups in total. The number of benzene rings is 2. The zero-order valence-corrected chi connectivity index (χ0v) is 26.8. The largest absolute Gasteiger partial charge is 0.490 e. The average molecular weight is 720 g/mol. The molecule has 0 radical (unpaired) electrons. The Morgan fingerprint density at radius 2 is 1.81 bits per heavy atom. The Bertz CT molecular complexity index is 1460. The first-order valence-corrected chi connectivity index (χ1v) is 16.4. The Hall–Kier alpha value is -2.71. The predicted octanol–water partition coefficient (Wildman–Crippen LogP) is 6.63. The molecule has 2 aromatic rings. The van der Waals surface area contributed by atoms with Crippen LogP contribution in [0.5, 0.6) is 11.5 Å². The van der Waals surface area contributed by atoms with E-state index in [0.29, 0.717) is 45.1 Å². The summed E-state index contributed by atoms with van der Waals surface area (Å²) in [7, 11) is 0. The summed E-state index contributed by atoms with van der Waals surface area (Å²) in [5.41, 5.74) is 4.06. The second-order valence-electron chi connectivity index (χ2n) is 11.6. The topological polar surface area (TPSA) is 111 Å². The number of hydrazine groups is 1. The van der Waals surface area contributed by atoms with Crippen LogP contribution >= 0.6 is 46.6 Å². The lowest BCUT2D eigenvalue weighted by atomic mass is 9.49. The van der Waals surface area contributed by atoms with E-state index < -0.39 is 4.92 Å². The highest BCUT2D eigenvalue weighted by molar-refractivity contribution is 14.1. The number of amides is 2. The molecular weight excluding hydrogens is 689 g/mol. The summed E-state index contributed by atoms with van der Waals surface area (Å²) < 4.78 is 13.0. The molecule has 0 atom stereocenters. The van der Waals surface area contributed by atoms with Crippen molar-refractivity contribution in [3.8, 4) is 11.5 Å². The lowest BCUT2D eigenvalue weighted by Crippen LogP contribution is -2.57. The third kappa shape index (κ3) is 5.77. The van der Waals surface area contributed by atoms with E-state index in [4.69, 9.17) is 21.7 Å². The summed E-state index contributed by atoms with van der Waals surface area (Å²) in [6.07, 6.45) is 8.19. The Kier molecular flexibility index (Phi) is 8.22. The number of rotatable bonds is 9. The Labute approximate surface area is 267 Å². The third-order valence-corrected chi connectivity index (χ3v) is 10.8. The van der Waals surface area contributed by atoms with E-state index in [0.717, 1.165) is 34.0 Å². The number of nitrogens with one attached hydrogen (secondary N) is 1. The van der Waals surface area contributed by atoms with Gasteiger partial charge in [-0.1, -0.05) is 11.8 Å². The van der Waals surface area contributed by atoms with Gasteiger partial charge < -0.3 is 9.47 Å². The van der Waals surface area contributed by atoms with E-state index >= 15 is 0 Å². The quantitative estimate of drug-likeness (QED) is 0.101. The van der Waals surface area contributed by atoms with Crippen LogP contribution in [0, 0.1) is 36.9 Å². The van der Waals surface area contributed by atoms with Gasteiger partial charge in [0.05, 0.1) is 25.4 Å². The lowest BCUT2D eigenvalue weighted by molar-refractivity contribution is -0.384. The van der Waals surface area contributed by atoms with Crippen molar-refractivity contribution in [2.45, 2.75) is 52.1 Å². The molecule has 12 heteroatoms. The van der Waals surface area contributed by atoms with Crippen molar-refractivity contribution in [3.63, 3.8) is 0 Å². The van der Waals surface area contributed by atoms with E-state index in [1.54, 1.807) is 24.3 Å². The van der Waals surface area contributed by atoms with Gasteiger partial charge >= 0.3 is 0 Å². The summed E-state index contributed by atoms with van der Waals surface area (Å²) in [5.74, 6) is 2.52. The molecule has 42 heavy (non-hydrogen) atoms. The monoisotopic (exact) mass is 719 g/mol. The van der Waals surface area contributed by atoms with E-state index in [9.17, 15) is 19.7 Å². The molecule has 9 nitrogen and oxygen atoms in total. The number of hydrogen-bond acceptors (Lipinski definition) is 8. The van der Waals surface area contributed by atoms with Gasteiger partial charge in [0.2, 0.25) is 5.91 Å². The highest BCUT2D eigenvalue weighted by Crippen LogP contribution is 2.60. The number of carbonyl (C=O) groups is 2. The first kappa shape index (κ1) is 29.4. The van der Waals surface area contributed by atoms with Gasteiger partial charge in [-0.25, -0.2) is 0 Å². The molecule has 0 aromatic heterocycles. The maximum absolute atomic E-state index is 13.6. The minimum atomic E-state index is -0.440. The fourth-order valence-electron chi connectivity index (χ4n) is 7.27. The standard InChI is InChI=1S/C30H30IN3O6S2/c1-2-39-24-11-18(10-23(31)26(24)40-16-17-3-5-22(6-4-17)34(37)38)12-25-27(35)33(29(41)42-25)32-28(36)30-13-19-7-20(14-30)9-21(8-19)15-30/h3-6,10-12,19-21H,2,7-9,13-16H2,1H3,(H,32,36)/b25-12+. The second-order valence-corrected chi connectivity index (χ2v) is 14.5. The van der Waals surface area contributed by atoms with E-state index in [2.05, 4.69) is 28.0 Å². The number of carbonyl (C=O) groups excluding carboxylic acids is 2. The highest BCUT2D eigenvalue weighted by atomic mass is 127. The summed E-state index contributed by atoms with van der Waals surface area (Å²) in [4.78, 5) is 37.9. The summed E-state index contributed by atoms with van der Waals surface area (Å²) in [5, 5.41) is 12.2. The fourth-order valence-corrected chi connectivity index (χ4v) is 9.23. The molecule has 1 aliphatic heterocycles. The van der Waals surface area contributed by atoms with Gasteiger partial charge in [0.25, 0.3) is 11.6 Å². The molecule has 4 saturated carbocycles. The SMILES string of the molecule is CCOc1cc(/C=C2/SC(=S)N(NC(=O)C34CC5CC(CC(C5)C3)C4)C2=O)cc(I)c1OCc1ccc([N+](=O)[O-])cc1. The molecule has 4 aliphatic carbocycles. The summed E-state index contributed by atoms with van der Waals surface area (Å²) in [6, 6.07) is 9.88. The summed E-state index contributed by atoms with van der Waals surface area (Å²) >= 11 is 8.84. The van der Waals surface area contributed by atoms with Crippen LogP contribution in [0.1, 0.15) is 56.6 Å². The molecule has 2 aromatic carbocycles. The second kappa shape index (κ2) is 11.8. The van der Waals surface area contributed by atoms with Crippen LogP contribution in [0.4, 0.5) is 5.69 Å². The van der Waals surface area contributed by atoms with Crippen LogP contribution in [-0.2, 0) is 16.2 Å². The summed E-state index contributed by atoms with van der Waals surface area (Å²) in [6.45, 7) is 2.48. The van der Waals surface area contributed by atoms with Gasteiger partial charge in [0.15, 0.2) is 15.8 Å². The smallest absolute Gasteiger partial charge is 0.285 e. The zero-order valence-electron chi connectivity index (χ0n) is 23.0. The molecule has 220 valence electrons. The van der Waals surface area contributed by atoms with Crippen LogP contribution in [0.15, 0.2) is 41.3 Å². The van der Waals surface area contributed by atoms with Crippen LogP contribution in [-0.4, -0.2) is 32.7 Å². The Morgan fingerprint density at radius 3 is 2.40 bits per heavy atom. The van der Waals surface area contributed by atoms with Gasteiger partial charge in [-0.15, -0.1) is 0 Å². The molecule has 1 saturated heterocycles. The number of thiocarbonyl (C=S) groups is 1. The van der Waals surface area contributed by atoms with Crippen molar-refractivity contribution in [2.75, 3.05) is 6.61 Å². The predicted molar refractivity (Wildman–Crippen MR) is 172 cm³/mol. The molecule has 1 heterocycles. The average Bonchev–Trinajstić information content (AvgIpc) is 3.19. The zero-order chi connectivity index (χ0) is 29.6. The molecule has 5 fully saturated rings. The van der Waals surface area contributed by atoms with Crippen LogP contribution < -0.4 is 14.9 Å². The van der Waals surface area contributed by atoms with Gasteiger partial charge in [0.1, 0.15) is 6.61 Å². The maximum Gasteiger partial charge on any atom is 0.285 e. The molecule has 2 amide bonds. The number of halogens is 1. The van der Waals surface area contributed by atoms with Gasteiger partial charge in [-0.3, -0.25) is 25.1 Å². The Morgan fingerprint density at radius 1 is 1.17 bits per heavy atom. The van der Waals surface area contributed by atoms with Crippen molar-refractivity contribution in [1.82, 2.24) is 10.4 Å². The first-order valence-electron chi connectivity index (χ1n) is 14.1. The van der Waals surface area contributed by atoms with Crippen LogP contribution in [0.2, 0.25) is 0 Å². The molecule has 4 bridgehead atoms. The first-order chi connectivity index (χ1) is 20.1. The molecule has 5 aliphatic rings. The van der Waals surface area contributed by atoms with Crippen molar-refractivity contribution in [2.24, 2.45) is 23.2 Å². The molecule has 7 rings (SSSR count). The van der Waals surface area contributed by atoms with E-state index in [-0.39, 0.29) is 29.5 Å². The van der Waals surface area contributed by atoms with E-state index in [1.807, 2.05) is 13.0 Å². The number of non-ortho nitro benzene ring substituents is 1. The van der Waals surface area contributed by atoms with Crippen molar-refractivity contribution >= 4 is 74.5 Å². The number of hydrogen-bond donors (Lipinski definition) is 1. The Balaban J connectivity index is 1.16. The fraction of sp³-hybridized carbons (Fsp3) is 0.433. The highest BCUT2D eigenvalue weighted by Gasteiger charge is 2.55. The minimum Gasteiger partial charge on any atom is -0.490 e. The third-order valence-electron chi connectivity index (χ3n) is 8.69. The van der Waals surface area contributed by atoms with Crippen molar-refractivity contribution in [3.05, 3.63) is 66.1 Å². The van der Waals surface area contributed by atoms with E-state index in [1.165, 1.54) is 48.2 Å². The number of nitrogens with zero attached hydrogens (tertiary/aromatic N) is 2. The van der Waals surface area contributed by atoms with Crippen molar-refractivity contribution in [1.29, 1.82) is 0 Å². The van der Waals surface area contributed by atoms with Gasteiger partial charge in [-0.05, 0) is 139 Å². The normalized spacial score (nSPS) is 27.0. The molecular formula is C30H30IN3O6S2. The number of nitro groups is 1. The van der Waals surface area contributed by atoms with Gasteiger partial charge in [0, 0.05) is 12.1 Å². The molecule has 0 unspecified atom stereocenters. The van der Waals surface area contributed by atoms with Crippen LogP contribution in [0.25, 0.3) is 6.08 Å². The number of ether oxygens (including phenoxy) is 2. The van der Waals surface area contributed by atoms with Crippen LogP contribution in [0.3, 0.4) is 0 Å². The molecule has 0 spiro atoms. The lowest BCUT2D eigenvalue weighted by Gasteiger charge is -2.55. The number of thioether (sulfide) groups is 1. The number of nitro benzene ring substituents is 1. The minimum absolute atomic E-state index is 0.0189. The maximum atomic E-state index is 13.6. The van der Waals surface area contributed by atoms with Crippen molar-refractivity contribution < 1.29 is 24.0 Å². The van der Waals surface area contributed by atoms with Gasteiger partial charge in [-0.2, -0.15) is 5.01 Å².